The number of amides is 2. The van der Waals surface area contributed by atoms with Crippen LogP contribution in [0.5, 0.6) is 0 Å². The lowest BCUT2D eigenvalue weighted by molar-refractivity contribution is -0.148. The third kappa shape index (κ3) is 3.27. The first-order valence-electron chi connectivity index (χ1n) is 9.38. The van der Waals surface area contributed by atoms with Crippen molar-refractivity contribution in [1.82, 2.24) is 19.6 Å². The van der Waals surface area contributed by atoms with Gasteiger partial charge < -0.3 is 9.80 Å². The summed E-state index contributed by atoms with van der Waals surface area (Å²) in [6.07, 6.45) is 2.51. The smallest absolute Gasteiger partial charge is 0.267 e. The number of nitrogens with zero attached hydrogens (tertiary/aromatic N) is 4. The van der Waals surface area contributed by atoms with Crippen molar-refractivity contribution in [3.63, 3.8) is 0 Å². The number of carbonyl (C=O) groups is 2. The molecule has 0 bridgehead atoms. The molecule has 0 saturated carbocycles. The Balaban J connectivity index is 1.72. The third-order valence-electron chi connectivity index (χ3n) is 5.82. The molecule has 2 aliphatic rings. The number of rotatable bonds is 3. The summed E-state index contributed by atoms with van der Waals surface area (Å²) in [4.78, 5) is 41.4. The number of aryl methyl sites for hydroxylation is 2. The van der Waals surface area contributed by atoms with Gasteiger partial charge in [0.05, 0.1) is 11.1 Å². The molecule has 7 nitrogen and oxygen atoms in total. The zero-order valence-corrected chi connectivity index (χ0v) is 16.1. The summed E-state index contributed by atoms with van der Waals surface area (Å²) < 4.78 is 1.22. The van der Waals surface area contributed by atoms with Crippen LogP contribution < -0.4 is 5.56 Å². The molecule has 1 atom stereocenters. The van der Waals surface area contributed by atoms with Gasteiger partial charge in [0.15, 0.2) is 0 Å². The van der Waals surface area contributed by atoms with Crippen molar-refractivity contribution >= 4 is 11.8 Å². The van der Waals surface area contributed by atoms with Gasteiger partial charge in [0.2, 0.25) is 11.8 Å². The van der Waals surface area contributed by atoms with Crippen molar-refractivity contribution in [2.75, 3.05) is 19.6 Å². The summed E-state index contributed by atoms with van der Waals surface area (Å²) in [5, 5.41) is 4.22. The Kier molecular flexibility index (Phi) is 4.90. The van der Waals surface area contributed by atoms with Crippen molar-refractivity contribution in [3.8, 4) is 0 Å². The molecule has 3 rings (SSSR count). The summed E-state index contributed by atoms with van der Waals surface area (Å²) in [5.41, 5.74) is 0.848. The van der Waals surface area contributed by atoms with E-state index in [1.54, 1.807) is 4.90 Å². The quantitative estimate of drug-likeness (QED) is 0.809. The molecular formula is C19H28N4O3. The van der Waals surface area contributed by atoms with Gasteiger partial charge in [-0.25, -0.2) is 4.68 Å². The Morgan fingerprint density at radius 3 is 2.65 bits per heavy atom. The summed E-state index contributed by atoms with van der Waals surface area (Å²) in [5.74, 6) is 0.0321. The predicted octanol–water partition coefficient (Wildman–Crippen LogP) is 1.11. The second-order valence-electron chi connectivity index (χ2n) is 7.95. The van der Waals surface area contributed by atoms with E-state index in [1.165, 1.54) is 10.7 Å². The van der Waals surface area contributed by atoms with Crippen LogP contribution in [0.15, 0.2) is 10.9 Å². The fraction of sp³-hybridized carbons (Fsp3) is 0.684. The van der Waals surface area contributed by atoms with E-state index in [2.05, 4.69) is 5.10 Å². The van der Waals surface area contributed by atoms with Gasteiger partial charge in [0.1, 0.15) is 6.54 Å². The Morgan fingerprint density at radius 2 is 1.96 bits per heavy atom. The third-order valence-corrected chi connectivity index (χ3v) is 5.82. The second kappa shape index (κ2) is 6.85. The minimum atomic E-state index is -0.445. The van der Waals surface area contributed by atoms with Gasteiger partial charge >= 0.3 is 0 Å². The maximum Gasteiger partial charge on any atom is 0.267 e. The molecule has 26 heavy (non-hydrogen) atoms. The molecule has 0 unspecified atom stereocenters. The van der Waals surface area contributed by atoms with Crippen LogP contribution >= 0.6 is 0 Å². The Bertz CT molecular complexity index is 785. The summed E-state index contributed by atoms with van der Waals surface area (Å²) in [6.45, 7) is 9.46. The number of aromatic nitrogens is 2. The lowest BCUT2D eigenvalue weighted by atomic mass is 9.78. The first-order chi connectivity index (χ1) is 12.2. The zero-order valence-electron chi connectivity index (χ0n) is 16.1. The molecule has 1 aromatic rings. The van der Waals surface area contributed by atoms with Crippen molar-refractivity contribution in [2.24, 2.45) is 5.41 Å². The van der Waals surface area contributed by atoms with Gasteiger partial charge in [-0.05, 0) is 52.5 Å². The number of piperidine rings is 1. The molecule has 0 aliphatic carbocycles. The van der Waals surface area contributed by atoms with Gasteiger partial charge in [-0.2, -0.15) is 5.10 Å². The highest BCUT2D eigenvalue weighted by Gasteiger charge is 2.49. The van der Waals surface area contributed by atoms with E-state index < -0.39 is 5.41 Å². The van der Waals surface area contributed by atoms with Crippen LogP contribution in [0.25, 0.3) is 0 Å². The number of carbonyl (C=O) groups excluding carboxylic acids is 2. The molecule has 2 amide bonds. The van der Waals surface area contributed by atoms with E-state index in [9.17, 15) is 14.4 Å². The summed E-state index contributed by atoms with van der Waals surface area (Å²) >= 11 is 0. The number of likely N-dealkylation sites (tertiary alicyclic amines) is 2. The summed E-state index contributed by atoms with van der Waals surface area (Å²) in [6, 6.07) is 1.69. The lowest BCUT2D eigenvalue weighted by Crippen LogP contribution is -2.52. The number of hydrogen-bond donors (Lipinski definition) is 0. The lowest BCUT2D eigenvalue weighted by Gasteiger charge is -2.41. The van der Waals surface area contributed by atoms with Crippen molar-refractivity contribution in [1.29, 1.82) is 0 Å². The minimum Gasteiger partial charge on any atom is -0.340 e. The van der Waals surface area contributed by atoms with Gasteiger partial charge in [-0.3, -0.25) is 14.4 Å². The number of hydrogen-bond acceptors (Lipinski definition) is 4. The van der Waals surface area contributed by atoms with Crippen molar-refractivity contribution in [2.45, 2.75) is 59.5 Å². The largest absolute Gasteiger partial charge is 0.340 e. The minimum absolute atomic E-state index is 0.0713. The summed E-state index contributed by atoms with van der Waals surface area (Å²) in [7, 11) is 0. The molecular weight excluding hydrogens is 332 g/mol. The molecule has 142 valence electrons. The fourth-order valence-electron chi connectivity index (χ4n) is 4.07. The van der Waals surface area contributed by atoms with Crippen LogP contribution in [0.2, 0.25) is 0 Å². The molecule has 0 aromatic carbocycles. The van der Waals surface area contributed by atoms with Crippen molar-refractivity contribution in [3.05, 3.63) is 27.7 Å². The highest BCUT2D eigenvalue weighted by molar-refractivity contribution is 5.86. The van der Waals surface area contributed by atoms with Crippen LogP contribution in [0, 0.1) is 19.3 Å². The zero-order chi connectivity index (χ0) is 19.1. The average molecular weight is 360 g/mol. The second-order valence-corrected chi connectivity index (χ2v) is 7.95. The van der Waals surface area contributed by atoms with E-state index in [4.69, 9.17) is 0 Å². The van der Waals surface area contributed by atoms with Gasteiger partial charge in [0, 0.05) is 31.7 Å². The maximum absolute atomic E-state index is 13.0. The highest BCUT2D eigenvalue weighted by atomic mass is 16.2. The van der Waals surface area contributed by atoms with Crippen LogP contribution in [0.4, 0.5) is 0 Å². The molecule has 2 fully saturated rings. The van der Waals surface area contributed by atoms with Crippen LogP contribution in [-0.4, -0.2) is 57.1 Å². The highest BCUT2D eigenvalue weighted by Crippen LogP contribution is 2.40. The first kappa shape index (κ1) is 18.6. The van der Waals surface area contributed by atoms with E-state index in [-0.39, 0.29) is 30.0 Å². The van der Waals surface area contributed by atoms with Crippen LogP contribution in [0.3, 0.4) is 0 Å². The first-order valence-corrected chi connectivity index (χ1v) is 9.38. The monoisotopic (exact) mass is 360 g/mol. The fourth-order valence-corrected chi connectivity index (χ4v) is 4.07. The van der Waals surface area contributed by atoms with E-state index in [0.717, 1.165) is 30.6 Å². The molecule has 2 aliphatic heterocycles. The average Bonchev–Trinajstić information content (AvgIpc) is 3.00. The molecule has 3 heterocycles. The Morgan fingerprint density at radius 1 is 1.23 bits per heavy atom. The molecule has 1 spiro atoms. The molecule has 0 N–H and O–H groups in total. The van der Waals surface area contributed by atoms with E-state index in [1.807, 2.05) is 32.6 Å². The SMILES string of the molecule is Cc1cc(=O)n(CC(=O)N2CC[C@@]3(CCCN(C(C)C)C3=O)C2)nc1C. The van der Waals surface area contributed by atoms with Crippen molar-refractivity contribution < 1.29 is 9.59 Å². The Hall–Kier alpha value is -2.18. The molecule has 7 heteroatoms. The topological polar surface area (TPSA) is 75.5 Å². The molecule has 2 saturated heterocycles. The Labute approximate surface area is 154 Å². The van der Waals surface area contributed by atoms with E-state index in [0.29, 0.717) is 19.5 Å². The molecule has 0 radical (unpaired) electrons. The maximum atomic E-state index is 13.0. The predicted molar refractivity (Wildman–Crippen MR) is 97.7 cm³/mol. The van der Waals surface area contributed by atoms with Gasteiger partial charge in [0.25, 0.3) is 5.56 Å². The standard InChI is InChI=1S/C19H28N4O3/c1-13(2)22-8-5-6-19(18(22)26)7-9-21(12-19)17(25)11-23-16(24)10-14(3)15(4)20-23/h10,13H,5-9,11-12H2,1-4H3/t19-/m0/s1. The van der Waals surface area contributed by atoms with Crippen LogP contribution in [-0.2, 0) is 16.1 Å². The molecule has 1 aromatic heterocycles. The van der Waals surface area contributed by atoms with Gasteiger partial charge in [-0.1, -0.05) is 0 Å². The van der Waals surface area contributed by atoms with Gasteiger partial charge in [-0.15, -0.1) is 0 Å². The van der Waals surface area contributed by atoms with Crippen LogP contribution in [0.1, 0.15) is 44.4 Å². The van der Waals surface area contributed by atoms with E-state index >= 15 is 0 Å². The normalized spacial score (nSPS) is 23.3.